The topological polar surface area (TPSA) is 93.2 Å². The number of ether oxygens (including phenoxy) is 1. The highest BCUT2D eigenvalue weighted by Gasteiger charge is 2.17. The maximum Gasteiger partial charge on any atom is 0.274 e. The lowest BCUT2D eigenvalue weighted by Crippen LogP contribution is -2.26. The van der Waals surface area contributed by atoms with Crippen molar-refractivity contribution in [3.05, 3.63) is 83.3 Å². The molecule has 0 bridgehead atoms. The fourth-order valence-electron chi connectivity index (χ4n) is 2.49. The number of anilines is 1. The van der Waals surface area contributed by atoms with Gasteiger partial charge in [0.2, 0.25) is 0 Å². The predicted molar refractivity (Wildman–Crippen MR) is 105 cm³/mol. The van der Waals surface area contributed by atoms with E-state index in [1.807, 2.05) is 31.2 Å². The number of amides is 2. The number of hydrogen-bond acceptors (Lipinski definition) is 5. The van der Waals surface area contributed by atoms with Crippen molar-refractivity contribution in [1.82, 2.24) is 15.3 Å². The highest BCUT2D eigenvalue weighted by molar-refractivity contribution is 6.07. The second kappa shape index (κ2) is 8.77. The summed E-state index contributed by atoms with van der Waals surface area (Å²) in [5, 5.41) is 5.43. The fourth-order valence-corrected chi connectivity index (χ4v) is 2.49. The molecule has 3 rings (SSSR count). The van der Waals surface area contributed by atoms with Gasteiger partial charge in [0.05, 0.1) is 7.11 Å². The van der Waals surface area contributed by atoms with Crippen LogP contribution in [0.5, 0.6) is 5.75 Å². The lowest BCUT2D eigenvalue weighted by atomic mass is 10.1. The third-order valence-electron chi connectivity index (χ3n) is 4.07. The van der Waals surface area contributed by atoms with Crippen LogP contribution in [-0.4, -0.2) is 28.9 Å². The summed E-state index contributed by atoms with van der Waals surface area (Å²) in [6.45, 7) is 2.35. The summed E-state index contributed by atoms with van der Waals surface area (Å²) in [6.07, 6.45) is 2.82. The highest BCUT2D eigenvalue weighted by atomic mass is 16.5. The Labute approximate surface area is 162 Å². The van der Waals surface area contributed by atoms with Gasteiger partial charge in [-0.1, -0.05) is 29.8 Å². The van der Waals surface area contributed by atoms with Crippen molar-refractivity contribution in [2.45, 2.75) is 13.5 Å². The first kappa shape index (κ1) is 19.0. The Balaban J connectivity index is 1.70. The molecule has 0 spiro atoms. The molecule has 0 fully saturated rings. The number of methoxy groups -OCH3 is 1. The van der Waals surface area contributed by atoms with Crippen LogP contribution in [0.4, 0.5) is 5.82 Å². The SMILES string of the molecule is COc1ccc(C(=O)Nc2nccnc2C(=O)NCc2ccc(C)cc2)cc1. The van der Waals surface area contributed by atoms with Crippen LogP contribution < -0.4 is 15.4 Å². The summed E-state index contributed by atoms with van der Waals surface area (Å²) in [6, 6.07) is 14.5. The summed E-state index contributed by atoms with van der Waals surface area (Å²) in [7, 11) is 1.55. The van der Waals surface area contributed by atoms with E-state index in [1.54, 1.807) is 31.4 Å². The molecule has 3 aromatic rings. The Kier molecular flexibility index (Phi) is 5.96. The molecule has 2 N–H and O–H groups in total. The minimum Gasteiger partial charge on any atom is -0.497 e. The van der Waals surface area contributed by atoms with E-state index in [-0.39, 0.29) is 11.5 Å². The average molecular weight is 376 g/mol. The van der Waals surface area contributed by atoms with E-state index < -0.39 is 11.8 Å². The molecule has 2 amide bonds. The molecule has 0 atom stereocenters. The number of carbonyl (C=O) groups is 2. The van der Waals surface area contributed by atoms with Gasteiger partial charge in [-0.3, -0.25) is 9.59 Å². The number of nitrogens with one attached hydrogen (secondary N) is 2. The Bertz CT molecular complexity index is 970. The monoisotopic (exact) mass is 376 g/mol. The van der Waals surface area contributed by atoms with Gasteiger partial charge in [0, 0.05) is 24.5 Å². The second-order valence-corrected chi connectivity index (χ2v) is 6.10. The molecule has 142 valence electrons. The summed E-state index contributed by atoms with van der Waals surface area (Å²) in [5.41, 5.74) is 2.58. The summed E-state index contributed by atoms with van der Waals surface area (Å²) >= 11 is 0. The van der Waals surface area contributed by atoms with Gasteiger partial charge in [-0.2, -0.15) is 0 Å². The fraction of sp³-hybridized carbons (Fsp3) is 0.143. The molecule has 1 heterocycles. The second-order valence-electron chi connectivity index (χ2n) is 6.10. The van der Waals surface area contributed by atoms with Gasteiger partial charge >= 0.3 is 0 Å². The summed E-state index contributed by atoms with van der Waals surface area (Å²) < 4.78 is 5.08. The maximum absolute atomic E-state index is 12.5. The zero-order chi connectivity index (χ0) is 19.9. The molecule has 1 aromatic heterocycles. The molecule has 28 heavy (non-hydrogen) atoms. The Morgan fingerprint density at radius 1 is 0.929 bits per heavy atom. The van der Waals surface area contributed by atoms with Crippen molar-refractivity contribution >= 4 is 17.6 Å². The van der Waals surface area contributed by atoms with Crippen LogP contribution in [-0.2, 0) is 6.54 Å². The number of aryl methyl sites for hydroxylation is 1. The first-order valence-electron chi connectivity index (χ1n) is 8.67. The zero-order valence-electron chi connectivity index (χ0n) is 15.6. The molecule has 7 nitrogen and oxygen atoms in total. The first-order chi connectivity index (χ1) is 13.6. The molecule has 0 saturated carbocycles. The van der Waals surface area contributed by atoms with Crippen LogP contribution in [0.2, 0.25) is 0 Å². The molecule has 2 aromatic carbocycles. The third kappa shape index (κ3) is 4.70. The molecular weight excluding hydrogens is 356 g/mol. The van der Waals surface area contributed by atoms with Gasteiger partial charge in [-0.15, -0.1) is 0 Å². The summed E-state index contributed by atoms with van der Waals surface area (Å²) in [4.78, 5) is 33.1. The molecule has 0 aliphatic heterocycles. The number of benzene rings is 2. The van der Waals surface area contributed by atoms with Crippen molar-refractivity contribution in [2.24, 2.45) is 0 Å². The van der Waals surface area contributed by atoms with Crippen molar-refractivity contribution in [2.75, 3.05) is 12.4 Å². The van der Waals surface area contributed by atoms with Crippen LogP contribution >= 0.6 is 0 Å². The van der Waals surface area contributed by atoms with E-state index >= 15 is 0 Å². The van der Waals surface area contributed by atoms with Gasteiger partial charge < -0.3 is 15.4 Å². The number of aromatic nitrogens is 2. The van der Waals surface area contributed by atoms with E-state index in [0.29, 0.717) is 17.9 Å². The molecular formula is C21H20N4O3. The van der Waals surface area contributed by atoms with E-state index in [0.717, 1.165) is 11.1 Å². The van der Waals surface area contributed by atoms with Crippen LogP contribution in [0.1, 0.15) is 32.0 Å². The predicted octanol–water partition coefficient (Wildman–Crippen LogP) is 2.98. The smallest absolute Gasteiger partial charge is 0.274 e. The van der Waals surface area contributed by atoms with Crippen molar-refractivity contribution in [3.63, 3.8) is 0 Å². The Morgan fingerprint density at radius 2 is 1.61 bits per heavy atom. The lowest BCUT2D eigenvalue weighted by molar-refractivity contribution is 0.0946. The van der Waals surface area contributed by atoms with Gasteiger partial charge in [-0.05, 0) is 36.8 Å². The zero-order valence-corrected chi connectivity index (χ0v) is 15.6. The van der Waals surface area contributed by atoms with E-state index in [9.17, 15) is 9.59 Å². The van der Waals surface area contributed by atoms with E-state index in [4.69, 9.17) is 4.74 Å². The van der Waals surface area contributed by atoms with Gasteiger partial charge in [0.15, 0.2) is 11.5 Å². The molecule has 7 heteroatoms. The molecule has 0 aliphatic carbocycles. The van der Waals surface area contributed by atoms with E-state index in [1.165, 1.54) is 12.4 Å². The highest BCUT2D eigenvalue weighted by Crippen LogP contribution is 2.14. The number of rotatable bonds is 6. The minimum absolute atomic E-state index is 0.0523. The van der Waals surface area contributed by atoms with E-state index in [2.05, 4.69) is 20.6 Å². The number of carbonyl (C=O) groups excluding carboxylic acids is 2. The average Bonchev–Trinajstić information content (AvgIpc) is 2.73. The summed E-state index contributed by atoms with van der Waals surface area (Å²) in [5.74, 6) is -0.0635. The first-order valence-corrected chi connectivity index (χ1v) is 8.67. The molecule has 0 unspecified atom stereocenters. The molecule has 0 aliphatic rings. The number of nitrogens with zero attached hydrogens (tertiary/aromatic N) is 2. The minimum atomic E-state index is -0.418. The normalized spacial score (nSPS) is 10.2. The van der Waals surface area contributed by atoms with Gasteiger partial charge in [-0.25, -0.2) is 9.97 Å². The number of hydrogen-bond donors (Lipinski definition) is 2. The third-order valence-corrected chi connectivity index (χ3v) is 4.07. The Morgan fingerprint density at radius 3 is 2.29 bits per heavy atom. The van der Waals surface area contributed by atoms with Crippen LogP contribution in [0, 0.1) is 6.92 Å². The maximum atomic E-state index is 12.5. The van der Waals surface area contributed by atoms with Crippen molar-refractivity contribution in [1.29, 1.82) is 0 Å². The van der Waals surface area contributed by atoms with Crippen LogP contribution in [0.3, 0.4) is 0 Å². The standard InChI is InChI=1S/C21H20N4O3/c1-14-3-5-15(6-4-14)13-24-21(27)18-19(23-12-11-22-18)25-20(26)16-7-9-17(28-2)10-8-16/h3-12H,13H2,1-2H3,(H,24,27)(H,23,25,26). The van der Waals surface area contributed by atoms with Crippen molar-refractivity contribution < 1.29 is 14.3 Å². The largest absolute Gasteiger partial charge is 0.497 e. The quantitative estimate of drug-likeness (QED) is 0.690. The van der Waals surface area contributed by atoms with Gasteiger partial charge in [0.25, 0.3) is 11.8 Å². The lowest BCUT2D eigenvalue weighted by Gasteiger charge is -2.10. The Hall–Kier alpha value is -3.74. The molecule has 0 radical (unpaired) electrons. The van der Waals surface area contributed by atoms with Crippen LogP contribution in [0.15, 0.2) is 60.9 Å². The van der Waals surface area contributed by atoms with Crippen LogP contribution in [0.25, 0.3) is 0 Å². The molecule has 0 saturated heterocycles. The van der Waals surface area contributed by atoms with Gasteiger partial charge in [0.1, 0.15) is 5.75 Å². The van der Waals surface area contributed by atoms with Crippen molar-refractivity contribution in [3.8, 4) is 5.75 Å².